The minimum Gasteiger partial charge on any atom is -0.318 e. The van der Waals surface area contributed by atoms with E-state index in [1.807, 2.05) is 19.9 Å². The van der Waals surface area contributed by atoms with Gasteiger partial charge in [0.05, 0.1) is 4.92 Å². The number of nitrogens with one attached hydrogen (secondary N) is 2. The largest absolute Gasteiger partial charge is 0.318 e. The van der Waals surface area contributed by atoms with E-state index < -0.39 is 16.7 Å². The Labute approximate surface area is 132 Å². The highest BCUT2D eigenvalue weighted by Gasteiger charge is 2.15. The zero-order valence-corrected chi connectivity index (χ0v) is 12.6. The Morgan fingerprint density at radius 3 is 2.04 bits per heavy atom. The van der Waals surface area contributed by atoms with Gasteiger partial charge in [-0.1, -0.05) is 12.1 Å². The molecule has 2 aromatic rings. The Kier molecular flexibility index (Phi) is 4.70. The first-order chi connectivity index (χ1) is 10.8. The third-order valence-corrected chi connectivity index (χ3v) is 3.00. The van der Waals surface area contributed by atoms with Crippen LogP contribution in [0.15, 0.2) is 42.5 Å². The molecule has 2 N–H and O–H groups in total. The molecule has 0 heterocycles. The third-order valence-electron chi connectivity index (χ3n) is 3.00. The average Bonchev–Trinajstić information content (AvgIpc) is 2.46. The molecule has 0 spiro atoms. The third kappa shape index (κ3) is 4.37. The first-order valence-corrected chi connectivity index (χ1v) is 6.80. The van der Waals surface area contributed by atoms with Crippen molar-refractivity contribution in [1.29, 1.82) is 0 Å². The van der Waals surface area contributed by atoms with Crippen LogP contribution < -0.4 is 10.6 Å². The maximum atomic E-state index is 11.9. The van der Waals surface area contributed by atoms with E-state index in [-0.39, 0.29) is 11.4 Å². The molecule has 7 nitrogen and oxygen atoms in total. The van der Waals surface area contributed by atoms with Gasteiger partial charge in [0.1, 0.15) is 0 Å². The lowest BCUT2D eigenvalue weighted by atomic mass is 10.1. The highest BCUT2D eigenvalue weighted by Crippen LogP contribution is 2.17. The summed E-state index contributed by atoms with van der Waals surface area (Å²) in [6, 6.07) is 10.8. The number of nitro benzene ring substituents is 1. The zero-order chi connectivity index (χ0) is 17.0. The number of hydrogen-bond donors (Lipinski definition) is 2. The maximum absolute atomic E-state index is 11.9. The lowest BCUT2D eigenvalue weighted by Crippen LogP contribution is -2.29. The zero-order valence-electron chi connectivity index (χ0n) is 12.6. The molecule has 0 aliphatic rings. The van der Waals surface area contributed by atoms with E-state index in [2.05, 4.69) is 10.6 Å². The lowest BCUT2D eigenvalue weighted by molar-refractivity contribution is -0.384. The summed E-state index contributed by atoms with van der Waals surface area (Å²) in [5, 5.41) is 15.5. The van der Waals surface area contributed by atoms with E-state index in [4.69, 9.17) is 0 Å². The van der Waals surface area contributed by atoms with Crippen molar-refractivity contribution in [3.8, 4) is 0 Å². The van der Waals surface area contributed by atoms with Gasteiger partial charge in [0.15, 0.2) is 0 Å². The second-order valence-electron chi connectivity index (χ2n) is 5.09. The van der Waals surface area contributed by atoms with Crippen molar-refractivity contribution >= 4 is 28.9 Å². The van der Waals surface area contributed by atoms with E-state index in [1.54, 1.807) is 12.1 Å². The fourth-order valence-electron chi connectivity index (χ4n) is 2.12. The number of hydrogen-bond acceptors (Lipinski definition) is 4. The summed E-state index contributed by atoms with van der Waals surface area (Å²) < 4.78 is 0. The topological polar surface area (TPSA) is 101 Å². The van der Waals surface area contributed by atoms with Crippen LogP contribution in [0, 0.1) is 24.0 Å². The summed E-state index contributed by atoms with van der Waals surface area (Å²) >= 11 is 0. The Bertz CT molecular complexity index is 766. The molecule has 118 valence electrons. The van der Waals surface area contributed by atoms with Crippen LogP contribution in [0.1, 0.15) is 11.1 Å². The van der Waals surface area contributed by atoms with Gasteiger partial charge in [0, 0.05) is 23.5 Å². The van der Waals surface area contributed by atoms with Crippen LogP contribution >= 0.6 is 0 Å². The standard InChI is InChI=1S/C16H15N3O4/c1-10-6-11(2)8-13(7-10)18-16(21)15(20)17-12-4-3-5-14(9-12)19(22)23/h3-9H,1-2H3,(H,17,20)(H,18,21). The van der Waals surface area contributed by atoms with Crippen LogP contribution in [0.5, 0.6) is 0 Å². The number of anilines is 2. The smallest absolute Gasteiger partial charge is 0.314 e. The summed E-state index contributed by atoms with van der Waals surface area (Å²) in [4.78, 5) is 33.9. The molecule has 0 bridgehead atoms. The molecule has 23 heavy (non-hydrogen) atoms. The number of amides is 2. The molecule has 0 unspecified atom stereocenters. The fraction of sp³-hybridized carbons (Fsp3) is 0.125. The van der Waals surface area contributed by atoms with Crippen LogP contribution in [0.4, 0.5) is 17.1 Å². The van der Waals surface area contributed by atoms with Gasteiger partial charge in [-0.2, -0.15) is 0 Å². The van der Waals surface area contributed by atoms with Crippen LogP contribution in [-0.4, -0.2) is 16.7 Å². The molecule has 2 rings (SSSR count). The Hall–Kier alpha value is -3.22. The van der Waals surface area contributed by atoms with Crippen molar-refractivity contribution in [3.05, 3.63) is 63.7 Å². The number of rotatable bonds is 3. The minimum absolute atomic E-state index is 0.169. The average molecular weight is 313 g/mol. The molecule has 0 aliphatic carbocycles. The summed E-state index contributed by atoms with van der Waals surface area (Å²) in [5.74, 6) is -1.74. The molecule has 0 saturated carbocycles. The molecule has 0 radical (unpaired) electrons. The maximum Gasteiger partial charge on any atom is 0.314 e. The number of non-ortho nitro benzene ring substituents is 1. The van der Waals surface area contributed by atoms with Crippen molar-refractivity contribution in [2.24, 2.45) is 0 Å². The molecular formula is C16H15N3O4. The molecule has 0 aromatic heterocycles. The molecular weight excluding hydrogens is 298 g/mol. The monoisotopic (exact) mass is 313 g/mol. The van der Waals surface area contributed by atoms with E-state index >= 15 is 0 Å². The van der Waals surface area contributed by atoms with Crippen LogP contribution in [0.2, 0.25) is 0 Å². The number of nitro groups is 1. The number of carbonyl (C=O) groups excluding carboxylic acids is 2. The van der Waals surface area contributed by atoms with Gasteiger partial charge in [-0.25, -0.2) is 0 Å². The molecule has 7 heteroatoms. The molecule has 2 amide bonds. The second-order valence-corrected chi connectivity index (χ2v) is 5.09. The van der Waals surface area contributed by atoms with Crippen molar-refractivity contribution in [2.45, 2.75) is 13.8 Å². The molecule has 2 aromatic carbocycles. The van der Waals surface area contributed by atoms with Gasteiger partial charge in [-0.15, -0.1) is 0 Å². The number of aryl methyl sites for hydroxylation is 2. The summed E-state index contributed by atoms with van der Waals surface area (Å²) in [6.07, 6.45) is 0. The second kappa shape index (κ2) is 6.69. The van der Waals surface area contributed by atoms with E-state index in [0.29, 0.717) is 5.69 Å². The summed E-state index contributed by atoms with van der Waals surface area (Å²) in [5.41, 5.74) is 2.44. The fourth-order valence-corrected chi connectivity index (χ4v) is 2.12. The van der Waals surface area contributed by atoms with Crippen LogP contribution in [0.25, 0.3) is 0 Å². The first-order valence-electron chi connectivity index (χ1n) is 6.80. The van der Waals surface area contributed by atoms with Crippen molar-refractivity contribution < 1.29 is 14.5 Å². The van der Waals surface area contributed by atoms with Gasteiger partial charge >= 0.3 is 11.8 Å². The van der Waals surface area contributed by atoms with Crippen molar-refractivity contribution in [1.82, 2.24) is 0 Å². The first kappa shape index (κ1) is 16.2. The van der Waals surface area contributed by atoms with E-state index in [1.165, 1.54) is 24.3 Å². The SMILES string of the molecule is Cc1cc(C)cc(NC(=O)C(=O)Nc2cccc([N+](=O)[O-])c2)c1. The minimum atomic E-state index is -0.898. The van der Waals surface area contributed by atoms with Crippen molar-refractivity contribution in [2.75, 3.05) is 10.6 Å². The number of carbonyl (C=O) groups is 2. The number of benzene rings is 2. The normalized spacial score (nSPS) is 10.0. The van der Waals surface area contributed by atoms with Gasteiger partial charge < -0.3 is 10.6 Å². The van der Waals surface area contributed by atoms with Crippen LogP contribution in [-0.2, 0) is 9.59 Å². The van der Waals surface area contributed by atoms with Gasteiger partial charge in [0.25, 0.3) is 5.69 Å². The molecule has 0 fully saturated rings. The van der Waals surface area contributed by atoms with E-state index in [0.717, 1.165) is 11.1 Å². The number of nitrogens with zero attached hydrogens (tertiary/aromatic N) is 1. The van der Waals surface area contributed by atoms with E-state index in [9.17, 15) is 19.7 Å². The summed E-state index contributed by atoms with van der Waals surface area (Å²) in [7, 11) is 0. The van der Waals surface area contributed by atoms with Crippen molar-refractivity contribution in [3.63, 3.8) is 0 Å². The Morgan fingerprint density at radius 1 is 0.913 bits per heavy atom. The molecule has 0 atom stereocenters. The predicted molar refractivity (Wildman–Crippen MR) is 86.3 cm³/mol. The lowest BCUT2D eigenvalue weighted by Gasteiger charge is -2.08. The molecule has 0 saturated heterocycles. The predicted octanol–water partition coefficient (Wildman–Crippen LogP) is 2.79. The Morgan fingerprint density at radius 2 is 1.48 bits per heavy atom. The van der Waals surface area contributed by atoms with Gasteiger partial charge in [-0.3, -0.25) is 19.7 Å². The quantitative estimate of drug-likeness (QED) is 0.517. The van der Waals surface area contributed by atoms with Gasteiger partial charge in [0.2, 0.25) is 0 Å². The Balaban J connectivity index is 2.07. The summed E-state index contributed by atoms with van der Waals surface area (Å²) in [6.45, 7) is 3.76. The van der Waals surface area contributed by atoms with Crippen LogP contribution in [0.3, 0.4) is 0 Å². The van der Waals surface area contributed by atoms with Gasteiger partial charge in [-0.05, 0) is 43.2 Å². The molecule has 0 aliphatic heterocycles. The highest BCUT2D eigenvalue weighted by atomic mass is 16.6. The highest BCUT2D eigenvalue weighted by molar-refractivity contribution is 6.43.